The van der Waals surface area contributed by atoms with Gasteiger partial charge in [0.25, 0.3) is 11.8 Å². The number of imide groups is 1. The normalized spacial score (nSPS) is 38.8. The number of ether oxygens (including phenoxy) is 11. The minimum atomic E-state index is -1.19. The molecule has 12 bridgehead atoms. The van der Waals surface area contributed by atoms with Crippen molar-refractivity contribution in [1.82, 2.24) is 26.2 Å². The van der Waals surface area contributed by atoms with Crippen LogP contribution in [-0.2, 0) is 85.7 Å². The molecule has 11 saturated heterocycles. The molecule has 12 heterocycles. The van der Waals surface area contributed by atoms with Gasteiger partial charge in [-0.3, -0.25) is 38.5 Å². The number of amides is 7. The lowest BCUT2D eigenvalue weighted by Crippen LogP contribution is -2.61. The smallest absolute Gasteiger partial charge is 0.312 e. The molecule has 12 aliphatic heterocycles. The second-order valence-corrected chi connectivity index (χ2v) is 27.9. The number of hydrogen-bond donors (Lipinski definition) is 6. The Bertz CT molecular complexity index is 2760. The van der Waals surface area contributed by atoms with Crippen LogP contribution in [0.15, 0.2) is 36.5 Å². The molecular weight excluding hydrogens is 1200 g/mol. The van der Waals surface area contributed by atoms with Crippen molar-refractivity contribution in [3.05, 3.63) is 36.5 Å². The van der Waals surface area contributed by atoms with Crippen LogP contribution in [0, 0.1) is 29.6 Å². The van der Waals surface area contributed by atoms with E-state index in [4.69, 9.17) is 57.8 Å². The molecule has 26 nitrogen and oxygen atoms in total. The van der Waals surface area contributed by atoms with Gasteiger partial charge in [-0.25, -0.2) is 4.79 Å². The molecule has 11 fully saturated rings. The fraction of sp³-hybridized carbons (Fsp3) is 0.788. The van der Waals surface area contributed by atoms with Crippen molar-refractivity contribution in [2.45, 2.75) is 245 Å². The van der Waals surface area contributed by atoms with E-state index in [0.717, 1.165) is 60.3 Å². The Hall–Kier alpha value is -5.10. The van der Waals surface area contributed by atoms with Crippen molar-refractivity contribution in [3.63, 3.8) is 0 Å². The summed E-state index contributed by atoms with van der Waals surface area (Å²) < 4.78 is 72.6. The summed E-state index contributed by atoms with van der Waals surface area (Å²) in [5.41, 5.74) is 7.33. The second kappa shape index (κ2) is 29.9. The van der Waals surface area contributed by atoms with E-state index in [-0.39, 0.29) is 157 Å². The molecule has 0 aromatic rings. The molecule has 0 saturated carbocycles. The number of nitrogens with zero attached hydrogens (tertiary/aromatic N) is 1. The van der Waals surface area contributed by atoms with Crippen LogP contribution < -0.4 is 27.0 Å². The van der Waals surface area contributed by atoms with Crippen molar-refractivity contribution in [1.29, 1.82) is 0 Å². The second-order valence-electron chi connectivity index (χ2n) is 27.9. The number of aliphatic hydroxyl groups excluding tert-OH is 1. The topological polar surface area (TPSA) is 336 Å². The lowest BCUT2D eigenvalue weighted by molar-refractivity contribution is -0.292. The largest absolute Gasteiger partial charge is 0.391 e. The van der Waals surface area contributed by atoms with Crippen LogP contribution in [0.3, 0.4) is 0 Å². The monoisotopic (exact) mass is 1290 g/mol. The molecule has 12 aliphatic rings. The maximum absolute atomic E-state index is 14.6. The number of ketones is 2. The Morgan fingerprint density at radius 2 is 1.47 bits per heavy atom. The number of rotatable bonds is 20. The molecule has 510 valence electrons. The summed E-state index contributed by atoms with van der Waals surface area (Å²) in [7, 11) is 1.56. The van der Waals surface area contributed by atoms with E-state index in [9.17, 15) is 43.5 Å². The number of nitrogens with one attached hydrogen (secondary N) is 4. The van der Waals surface area contributed by atoms with Crippen molar-refractivity contribution in [2.24, 2.45) is 35.3 Å². The quantitative estimate of drug-likeness (QED) is 0.0578. The zero-order valence-electron chi connectivity index (χ0n) is 53.5. The highest BCUT2D eigenvalue weighted by Crippen LogP contribution is 2.54. The first-order chi connectivity index (χ1) is 44.1. The zero-order chi connectivity index (χ0) is 65.1. The number of fused-ring (bicyclic) bond motifs is 6. The van der Waals surface area contributed by atoms with E-state index in [2.05, 4.69) is 41.3 Å². The molecule has 12 rings (SSSR count). The van der Waals surface area contributed by atoms with E-state index >= 15 is 0 Å². The predicted octanol–water partition coefficient (Wildman–Crippen LogP) is 2.22. The lowest BCUT2D eigenvalue weighted by Gasteiger charge is -2.47. The van der Waals surface area contributed by atoms with E-state index in [0.29, 0.717) is 32.1 Å². The lowest BCUT2D eigenvalue weighted by atomic mass is 9.81. The maximum Gasteiger partial charge on any atom is 0.312 e. The summed E-state index contributed by atoms with van der Waals surface area (Å²) in [5, 5.41) is 22.7. The number of carbonyl (C=O) groups excluding carboxylic acids is 8. The highest BCUT2D eigenvalue weighted by atomic mass is 16.8. The van der Waals surface area contributed by atoms with Crippen LogP contribution in [0.5, 0.6) is 0 Å². The standard InChI is InChI=1S/C66H96N6O20/c1-33(2)56(71-53(76)22-37-29-83-31-38(32-84-30-37)46(75)16-19-72-54(77)13-14-55(72)78)64(80)70-45(8-7-18-68-65(67)81)63(79)69-28-40(74)25-51-57(82-6)44-24-39(73)23-42-10-12-48-58(87-42)62-61-60(89-48)59-52(90-61)27-66(91-59,92-62)17-15-43-21-35(4)47(85-43)11-9-41-20-34(3)36(5)49(86-41)26-50(44)88-51/h13-14,33-34,37-38,40-45,47-52,56-62,74H,4-5,7-12,15-32H2,1-3,6H3,(H,69,79)(H,70,80)(H,71,76)(H3,67,68,81)/t34-,37?,38?,40+,41+,42-,43+,44+,45+,47+,48+,49-,50+,51-,52-,56+,57-,58+,59+,60?,61?,62+,66+/m1/s1. The number of aliphatic hydroxyl groups is 1. The molecule has 7 amide bonds. The fourth-order valence-electron chi connectivity index (χ4n) is 15.9. The van der Waals surface area contributed by atoms with Crippen molar-refractivity contribution in [3.8, 4) is 0 Å². The third-order valence-electron chi connectivity index (χ3n) is 20.8. The number of nitrogens with two attached hydrogens (primary N) is 1. The summed E-state index contributed by atoms with van der Waals surface area (Å²) >= 11 is 0. The van der Waals surface area contributed by atoms with Crippen LogP contribution in [0.1, 0.15) is 130 Å². The minimum absolute atomic E-state index is 0.00514. The van der Waals surface area contributed by atoms with Gasteiger partial charge >= 0.3 is 6.03 Å². The first kappa shape index (κ1) is 68.3. The number of primary amides is 1. The van der Waals surface area contributed by atoms with Crippen molar-refractivity contribution in [2.75, 3.05) is 53.2 Å². The van der Waals surface area contributed by atoms with Gasteiger partial charge in [0.1, 0.15) is 54.2 Å². The molecule has 0 radical (unpaired) electrons. The van der Waals surface area contributed by atoms with Gasteiger partial charge < -0.3 is 84.2 Å². The minimum Gasteiger partial charge on any atom is -0.391 e. The molecule has 21 atom stereocenters. The number of urea groups is 1. The first-order valence-electron chi connectivity index (χ1n) is 33.6. The van der Waals surface area contributed by atoms with Crippen molar-refractivity contribution < 1.29 is 95.6 Å². The van der Waals surface area contributed by atoms with Gasteiger partial charge in [0, 0.05) is 102 Å². The van der Waals surface area contributed by atoms with Gasteiger partial charge in [-0.1, -0.05) is 33.9 Å². The number of Topliss-reactive ketones (excluding diaryl/α,β-unsaturated/α-hetero) is 2. The Balaban J connectivity index is 0.719. The van der Waals surface area contributed by atoms with Gasteiger partial charge in [0.2, 0.25) is 17.7 Å². The SMILES string of the molecule is C=C1C[C@@H]2CC[C@@]34C[C@H]5OC6C(O[C@H]7CC[C@H](CC(=O)C[C@@H]8[C@@H](OC)[C@@H](C[C@H](O)CNC(=O)[C@H](CCCNC(N)=O)NC(=O)[C@@H](NC(=O)CC9COCC(C(=O)CCN%10C(=O)C=CC%10=O)COC9)C(C)C)O[C@H]8C[C@H]8O[C@@H](CC[C@@H]1O2)C[C@@H](C)C8=C)O[C@@H]7[C@@H]6O3)[C@H]5O4. The Morgan fingerprint density at radius 1 is 0.761 bits per heavy atom. The summed E-state index contributed by atoms with van der Waals surface area (Å²) in [6.07, 6.45) is 3.00. The van der Waals surface area contributed by atoms with E-state index < -0.39 is 126 Å². The number of carbonyl (C=O) groups is 8. The van der Waals surface area contributed by atoms with Crippen LogP contribution in [0.4, 0.5) is 4.79 Å². The summed E-state index contributed by atoms with van der Waals surface area (Å²) in [4.78, 5) is 106. The molecule has 0 aliphatic carbocycles. The first-order valence-corrected chi connectivity index (χ1v) is 33.6. The van der Waals surface area contributed by atoms with Gasteiger partial charge in [-0.05, 0) is 80.8 Å². The number of hydrogen-bond acceptors (Lipinski definition) is 20. The molecule has 92 heavy (non-hydrogen) atoms. The summed E-state index contributed by atoms with van der Waals surface area (Å²) in [6.45, 7) is 14.6. The zero-order valence-corrected chi connectivity index (χ0v) is 53.5. The molecule has 0 aromatic carbocycles. The van der Waals surface area contributed by atoms with Crippen LogP contribution in [0.25, 0.3) is 0 Å². The average molecular weight is 1290 g/mol. The Kier molecular flexibility index (Phi) is 22.2. The molecule has 0 aromatic heterocycles. The predicted molar refractivity (Wildman–Crippen MR) is 324 cm³/mol. The molecular formula is C66H96N6O20. The van der Waals surface area contributed by atoms with E-state index in [1.165, 1.54) is 0 Å². The molecule has 1 spiro atoms. The third kappa shape index (κ3) is 15.9. The molecule has 26 heteroatoms. The molecule has 7 N–H and O–H groups in total. The van der Waals surface area contributed by atoms with Gasteiger partial charge in [0.05, 0.1) is 99.5 Å². The fourth-order valence-corrected chi connectivity index (χ4v) is 15.9. The Morgan fingerprint density at radius 3 is 2.21 bits per heavy atom. The van der Waals surface area contributed by atoms with Gasteiger partial charge in [-0.2, -0.15) is 0 Å². The maximum atomic E-state index is 14.6. The molecule has 2 unspecified atom stereocenters. The van der Waals surface area contributed by atoms with Gasteiger partial charge in [-0.15, -0.1) is 0 Å². The average Bonchev–Trinajstić information content (AvgIpc) is 1.55. The number of methoxy groups -OCH3 is 1. The van der Waals surface area contributed by atoms with Gasteiger partial charge in [0.15, 0.2) is 5.79 Å². The third-order valence-corrected chi connectivity index (χ3v) is 20.8. The van der Waals surface area contributed by atoms with Crippen LogP contribution >= 0.6 is 0 Å². The van der Waals surface area contributed by atoms with Crippen LogP contribution in [0.2, 0.25) is 0 Å². The Labute approximate surface area is 537 Å². The highest BCUT2D eigenvalue weighted by molar-refractivity contribution is 6.13. The van der Waals surface area contributed by atoms with Crippen molar-refractivity contribution >= 4 is 47.1 Å². The van der Waals surface area contributed by atoms with E-state index in [1.807, 2.05) is 0 Å². The van der Waals surface area contributed by atoms with E-state index in [1.54, 1.807) is 21.0 Å². The highest BCUT2D eigenvalue weighted by Gasteiger charge is 2.69. The summed E-state index contributed by atoms with van der Waals surface area (Å²) in [6, 6.07) is -3.02. The summed E-state index contributed by atoms with van der Waals surface area (Å²) in [5.74, 6) is -5.64. The van der Waals surface area contributed by atoms with Crippen LogP contribution in [-0.4, -0.2) is 226 Å².